The molecule has 0 aliphatic carbocycles. The standard InChI is InChI=1S/C14H14N4O2/c1-9-12(6-3-7-16-9)14(19)17-11-5-2-4-10(8-11)13(15)18-20/h2-8,20H,1H3,(H2,15,18)(H,17,19). The molecule has 0 aliphatic rings. The quantitative estimate of drug-likeness (QED) is 0.342. The van der Waals surface area contributed by atoms with Crippen LogP contribution in [0, 0.1) is 6.92 Å². The molecule has 1 aromatic heterocycles. The summed E-state index contributed by atoms with van der Waals surface area (Å²) in [6, 6.07) is 10.1. The zero-order chi connectivity index (χ0) is 14.5. The first kappa shape index (κ1) is 13.5. The normalized spacial score (nSPS) is 11.2. The molecule has 0 spiro atoms. The van der Waals surface area contributed by atoms with E-state index in [1.54, 1.807) is 49.5 Å². The van der Waals surface area contributed by atoms with Gasteiger partial charge < -0.3 is 16.3 Å². The van der Waals surface area contributed by atoms with Gasteiger partial charge in [-0.05, 0) is 31.2 Å². The number of aromatic nitrogens is 1. The smallest absolute Gasteiger partial charge is 0.257 e. The molecule has 2 aromatic rings. The molecule has 1 heterocycles. The lowest BCUT2D eigenvalue weighted by atomic mass is 10.1. The SMILES string of the molecule is Cc1ncccc1C(=O)Nc1cccc(/C(N)=N/O)c1. The van der Waals surface area contributed by atoms with E-state index in [9.17, 15) is 4.79 Å². The van der Waals surface area contributed by atoms with Crippen LogP contribution in [0.15, 0.2) is 47.8 Å². The Bertz CT molecular complexity index is 668. The lowest BCUT2D eigenvalue weighted by Gasteiger charge is -2.08. The summed E-state index contributed by atoms with van der Waals surface area (Å²) in [5.41, 5.74) is 7.74. The van der Waals surface area contributed by atoms with Gasteiger partial charge in [0.15, 0.2) is 5.84 Å². The van der Waals surface area contributed by atoms with E-state index in [0.717, 1.165) is 0 Å². The maximum atomic E-state index is 12.1. The highest BCUT2D eigenvalue weighted by Gasteiger charge is 2.10. The van der Waals surface area contributed by atoms with E-state index in [1.165, 1.54) is 0 Å². The van der Waals surface area contributed by atoms with Crippen molar-refractivity contribution in [1.82, 2.24) is 4.98 Å². The number of nitrogens with one attached hydrogen (secondary N) is 1. The van der Waals surface area contributed by atoms with Crippen LogP contribution in [0.3, 0.4) is 0 Å². The van der Waals surface area contributed by atoms with Crippen molar-refractivity contribution in [3.05, 3.63) is 59.4 Å². The highest BCUT2D eigenvalue weighted by molar-refractivity contribution is 6.06. The largest absolute Gasteiger partial charge is 0.409 e. The van der Waals surface area contributed by atoms with Crippen molar-refractivity contribution >= 4 is 17.4 Å². The third-order valence-electron chi connectivity index (χ3n) is 2.78. The second-order valence-electron chi connectivity index (χ2n) is 4.16. The second kappa shape index (κ2) is 5.83. The number of carbonyl (C=O) groups is 1. The minimum atomic E-state index is -0.257. The number of carbonyl (C=O) groups excluding carboxylic acids is 1. The molecule has 6 heteroatoms. The number of aryl methyl sites for hydroxylation is 1. The van der Waals surface area contributed by atoms with Gasteiger partial charge in [-0.2, -0.15) is 0 Å². The molecule has 0 unspecified atom stereocenters. The van der Waals surface area contributed by atoms with Crippen molar-refractivity contribution in [2.45, 2.75) is 6.92 Å². The number of benzene rings is 1. The van der Waals surface area contributed by atoms with Crippen molar-refractivity contribution in [3.63, 3.8) is 0 Å². The van der Waals surface area contributed by atoms with E-state index in [2.05, 4.69) is 15.5 Å². The van der Waals surface area contributed by atoms with E-state index in [-0.39, 0.29) is 11.7 Å². The fourth-order valence-corrected chi connectivity index (χ4v) is 1.74. The Morgan fingerprint density at radius 1 is 1.35 bits per heavy atom. The predicted octanol–water partition coefficient (Wildman–Crippen LogP) is 1.74. The topological polar surface area (TPSA) is 101 Å². The van der Waals surface area contributed by atoms with E-state index in [0.29, 0.717) is 22.5 Å². The van der Waals surface area contributed by atoms with Crippen molar-refractivity contribution in [2.24, 2.45) is 10.9 Å². The van der Waals surface area contributed by atoms with Crippen LogP contribution in [-0.2, 0) is 0 Å². The van der Waals surface area contributed by atoms with Gasteiger partial charge in [0.05, 0.1) is 5.56 Å². The molecule has 4 N–H and O–H groups in total. The molecule has 0 fully saturated rings. The number of nitrogens with two attached hydrogens (primary N) is 1. The van der Waals surface area contributed by atoms with Crippen LogP contribution in [0.25, 0.3) is 0 Å². The summed E-state index contributed by atoms with van der Waals surface area (Å²) in [6.07, 6.45) is 1.63. The van der Waals surface area contributed by atoms with Crippen LogP contribution in [0.1, 0.15) is 21.6 Å². The molecule has 0 aliphatic heterocycles. The van der Waals surface area contributed by atoms with E-state index < -0.39 is 0 Å². The Labute approximate surface area is 115 Å². The first-order valence-corrected chi connectivity index (χ1v) is 5.92. The number of amides is 1. The number of rotatable bonds is 3. The monoisotopic (exact) mass is 270 g/mol. The molecule has 0 bridgehead atoms. The van der Waals surface area contributed by atoms with Gasteiger partial charge in [-0.15, -0.1) is 0 Å². The molecule has 6 nitrogen and oxygen atoms in total. The molecular weight excluding hydrogens is 256 g/mol. The van der Waals surface area contributed by atoms with E-state index in [1.807, 2.05) is 0 Å². The lowest BCUT2D eigenvalue weighted by molar-refractivity contribution is 0.102. The molecule has 0 radical (unpaired) electrons. The summed E-state index contributed by atoms with van der Waals surface area (Å²) in [5, 5.41) is 14.3. The molecule has 0 atom stereocenters. The van der Waals surface area contributed by atoms with Crippen LogP contribution >= 0.6 is 0 Å². The molecule has 0 saturated heterocycles. The fraction of sp³-hybridized carbons (Fsp3) is 0.0714. The average molecular weight is 270 g/mol. The Balaban J connectivity index is 2.23. The zero-order valence-corrected chi connectivity index (χ0v) is 10.9. The van der Waals surface area contributed by atoms with Crippen LogP contribution in [-0.4, -0.2) is 21.9 Å². The lowest BCUT2D eigenvalue weighted by Crippen LogP contribution is -2.16. The van der Waals surface area contributed by atoms with Gasteiger partial charge in [-0.3, -0.25) is 9.78 Å². The van der Waals surface area contributed by atoms with E-state index >= 15 is 0 Å². The second-order valence-corrected chi connectivity index (χ2v) is 4.16. The summed E-state index contributed by atoms with van der Waals surface area (Å²) in [5.74, 6) is -0.272. The highest BCUT2D eigenvalue weighted by atomic mass is 16.4. The molecule has 1 amide bonds. The summed E-state index contributed by atoms with van der Waals surface area (Å²) in [7, 11) is 0. The van der Waals surface area contributed by atoms with Gasteiger partial charge in [0, 0.05) is 23.1 Å². The number of nitrogens with zero attached hydrogens (tertiary/aromatic N) is 2. The maximum Gasteiger partial charge on any atom is 0.257 e. The fourth-order valence-electron chi connectivity index (χ4n) is 1.74. The van der Waals surface area contributed by atoms with Gasteiger partial charge in [-0.1, -0.05) is 17.3 Å². The Hall–Kier alpha value is -2.89. The third-order valence-corrected chi connectivity index (χ3v) is 2.78. The van der Waals surface area contributed by atoms with Gasteiger partial charge >= 0.3 is 0 Å². The number of hydrogen-bond acceptors (Lipinski definition) is 4. The number of anilines is 1. The number of pyridine rings is 1. The molecule has 20 heavy (non-hydrogen) atoms. The van der Waals surface area contributed by atoms with Crippen LogP contribution in [0.5, 0.6) is 0 Å². The number of amidine groups is 1. The van der Waals surface area contributed by atoms with Gasteiger partial charge in [0.2, 0.25) is 0 Å². The summed E-state index contributed by atoms with van der Waals surface area (Å²) in [6.45, 7) is 1.77. The Kier molecular flexibility index (Phi) is 3.95. The van der Waals surface area contributed by atoms with Crippen molar-refractivity contribution < 1.29 is 10.0 Å². The summed E-state index contributed by atoms with van der Waals surface area (Å²) < 4.78 is 0. The minimum Gasteiger partial charge on any atom is -0.409 e. The van der Waals surface area contributed by atoms with Gasteiger partial charge in [0.25, 0.3) is 5.91 Å². The predicted molar refractivity (Wildman–Crippen MR) is 75.9 cm³/mol. The molecule has 2 rings (SSSR count). The number of hydrogen-bond donors (Lipinski definition) is 3. The zero-order valence-electron chi connectivity index (χ0n) is 10.9. The van der Waals surface area contributed by atoms with Crippen molar-refractivity contribution in [1.29, 1.82) is 0 Å². The van der Waals surface area contributed by atoms with Crippen LogP contribution in [0.4, 0.5) is 5.69 Å². The third kappa shape index (κ3) is 2.92. The molecule has 1 aromatic carbocycles. The average Bonchev–Trinajstić information content (AvgIpc) is 2.47. The Morgan fingerprint density at radius 2 is 2.15 bits per heavy atom. The first-order valence-electron chi connectivity index (χ1n) is 5.92. The molecule has 102 valence electrons. The first-order chi connectivity index (χ1) is 9.61. The van der Waals surface area contributed by atoms with Crippen LogP contribution < -0.4 is 11.1 Å². The summed E-state index contributed by atoms with van der Waals surface area (Å²) >= 11 is 0. The molecular formula is C14H14N4O2. The molecule has 0 saturated carbocycles. The maximum absolute atomic E-state index is 12.1. The van der Waals surface area contributed by atoms with Gasteiger partial charge in [0.1, 0.15) is 0 Å². The van der Waals surface area contributed by atoms with Crippen LogP contribution in [0.2, 0.25) is 0 Å². The summed E-state index contributed by atoms with van der Waals surface area (Å²) in [4.78, 5) is 16.2. The number of oxime groups is 1. The minimum absolute atomic E-state index is 0.0151. The van der Waals surface area contributed by atoms with E-state index in [4.69, 9.17) is 10.9 Å². The van der Waals surface area contributed by atoms with Crippen molar-refractivity contribution in [3.8, 4) is 0 Å². The van der Waals surface area contributed by atoms with Crippen molar-refractivity contribution in [2.75, 3.05) is 5.32 Å². The van der Waals surface area contributed by atoms with Gasteiger partial charge in [-0.25, -0.2) is 0 Å². The Morgan fingerprint density at radius 3 is 2.85 bits per heavy atom. The highest BCUT2D eigenvalue weighted by Crippen LogP contribution is 2.13.